The fraction of sp³-hybridized carbons (Fsp3) is 0. The molecular formula is C54H33F2N7. The van der Waals surface area contributed by atoms with Crippen LogP contribution in [0.3, 0.4) is 0 Å². The predicted molar refractivity (Wildman–Crippen MR) is 246 cm³/mol. The lowest BCUT2D eigenvalue weighted by Gasteiger charge is -2.16. The first-order valence-corrected chi connectivity index (χ1v) is 20.4. The molecule has 0 radical (unpaired) electrons. The number of halogens is 2. The molecule has 0 bridgehead atoms. The van der Waals surface area contributed by atoms with E-state index in [4.69, 9.17) is 29.9 Å². The van der Waals surface area contributed by atoms with Gasteiger partial charge in [-0.05, 0) is 59.7 Å². The van der Waals surface area contributed by atoms with Gasteiger partial charge in [0.15, 0.2) is 34.9 Å². The summed E-state index contributed by atoms with van der Waals surface area (Å²) in [4.78, 5) is 30.1. The maximum absolute atomic E-state index is 14.8. The van der Waals surface area contributed by atoms with Crippen LogP contribution in [0.1, 0.15) is 0 Å². The van der Waals surface area contributed by atoms with Crippen molar-refractivity contribution < 1.29 is 8.78 Å². The van der Waals surface area contributed by atoms with E-state index in [1.165, 1.54) is 12.1 Å². The Balaban J connectivity index is 1.15. The van der Waals surface area contributed by atoms with E-state index < -0.39 is 11.6 Å². The van der Waals surface area contributed by atoms with E-state index in [0.29, 0.717) is 51.6 Å². The highest BCUT2D eigenvalue weighted by Gasteiger charge is 2.22. The van der Waals surface area contributed by atoms with E-state index in [2.05, 4.69) is 28.8 Å². The molecule has 0 N–H and O–H groups in total. The van der Waals surface area contributed by atoms with Crippen LogP contribution in [0.25, 0.3) is 107 Å². The van der Waals surface area contributed by atoms with Gasteiger partial charge in [-0.1, -0.05) is 146 Å². The minimum absolute atomic E-state index is 0.384. The Bertz CT molecular complexity index is 3330. The van der Waals surface area contributed by atoms with Crippen molar-refractivity contribution in [3.8, 4) is 85.1 Å². The van der Waals surface area contributed by atoms with Crippen LogP contribution in [0.15, 0.2) is 200 Å². The van der Waals surface area contributed by atoms with Gasteiger partial charge < -0.3 is 4.57 Å². The molecule has 7 nitrogen and oxygen atoms in total. The van der Waals surface area contributed by atoms with Crippen molar-refractivity contribution in [2.45, 2.75) is 0 Å². The Morgan fingerprint density at radius 2 is 0.698 bits per heavy atom. The van der Waals surface area contributed by atoms with E-state index in [1.54, 1.807) is 0 Å². The molecule has 0 aliphatic rings. The first kappa shape index (κ1) is 37.4. The summed E-state index contributed by atoms with van der Waals surface area (Å²) < 4.78 is 31.7. The van der Waals surface area contributed by atoms with Gasteiger partial charge in [0.1, 0.15) is 11.6 Å². The number of rotatable bonds is 8. The molecule has 0 saturated heterocycles. The van der Waals surface area contributed by atoms with E-state index in [-0.39, 0.29) is 0 Å². The largest absolute Gasteiger partial charge is 0.309 e. The van der Waals surface area contributed by atoms with Gasteiger partial charge in [-0.3, -0.25) is 0 Å². The number of nitrogens with zero attached hydrogens (tertiary/aromatic N) is 7. The summed E-state index contributed by atoms with van der Waals surface area (Å²) in [7, 11) is 0. The first-order valence-electron chi connectivity index (χ1n) is 20.4. The first-order chi connectivity index (χ1) is 31.0. The van der Waals surface area contributed by atoms with Gasteiger partial charge in [0.2, 0.25) is 0 Å². The average Bonchev–Trinajstić information content (AvgIpc) is 3.68. The molecule has 8 aromatic carbocycles. The smallest absolute Gasteiger partial charge is 0.166 e. The van der Waals surface area contributed by atoms with Gasteiger partial charge in [0.25, 0.3) is 0 Å². The maximum atomic E-state index is 14.8. The minimum Gasteiger partial charge on any atom is -0.309 e. The second-order valence-corrected chi connectivity index (χ2v) is 15.1. The van der Waals surface area contributed by atoms with Crippen LogP contribution in [0.5, 0.6) is 0 Å². The predicted octanol–water partition coefficient (Wildman–Crippen LogP) is 13.1. The molecule has 0 amide bonds. The summed E-state index contributed by atoms with van der Waals surface area (Å²) >= 11 is 0. The van der Waals surface area contributed by atoms with Crippen molar-refractivity contribution in [2.75, 3.05) is 0 Å². The molecule has 0 fully saturated rings. The minimum atomic E-state index is -0.670. The normalized spacial score (nSPS) is 11.3. The third-order valence-electron chi connectivity index (χ3n) is 11.0. The zero-order valence-corrected chi connectivity index (χ0v) is 33.4. The fourth-order valence-electron chi connectivity index (χ4n) is 8.05. The number of para-hydroxylation sites is 1. The van der Waals surface area contributed by atoms with Crippen LogP contribution in [0.2, 0.25) is 0 Å². The zero-order valence-electron chi connectivity index (χ0n) is 33.4. The van der Waals surface area contributed by atoms with E-state index in [0.717, 1.165) is 61.4 Å². The number of hydrogen-bond donors (Lipinski definition) is 0. The lowest BCUT2D eigenvalue weighted by Crippen LogP contribution is -2.04. The average molecular weight is 818 g/mol. The summed E-state index contributed by atoms with van der Waals surface area (Å²) in [6.07, 6.45) is 0. The summed E-state index contributed by atoms with van der Waals surface area (Å²) in [6, 6.07) is 63.1. The van der Waals surface area contributed by atoms with Crippen LogP contribution in [0, 0.1) is 11.6 Å². The van der Waals surface area contributed by atoms with E-state index in [9.17, 15) is 8.78 Å². The van der Waals surface area contributed by atoms with Gasteiger partial charge >= 0.3 is 0 Å². The second kappa shape index (κ2) is 15.8. The lowest BCUT2D eigenvalue weighted by atomic mass is 10.0. The van der Waals surface area contributed by atoms with Crippen molar-refractivity contribution >= 4 is 21.8 Å². The number of hydrogen-bond acceptors (Lipinski definition) is 6. The molecule has 11 rings (SSSR count). The van der Waals surface area contributed by atoms with E-state index >= 15 is 0 Å². The molecule has 0 aliphatic carbocycles. The number of aromatic nitrogens is 7. The summed E-state index contributed by atoms with van der Waals surface area (Å²) in [5, 5.41) is 1.97. The molecule has 298 valence electrons. The van der Waals surface area contributed by atoms with Gasteiger partial charge in [0, 0.05) is 50.2 Å². The molecule has 11 aromatic rings. The van der Waals surface area contributed by atoms with Gasteiger partial charge in [0.05, 0.1) is 16.7 Å². The molecule has 3 aromatic heterocycles. The van der Waals surface area contributed by atoms with E-state index in [1.807, 2.05) is 158 Å². The molecule has 0 atom stereocenters. The lowest BCUT2D eigenvalue weighted by molar-refractivity contribution is 0.584. The molecule has 0 aliphatic heterocycles. The van der Waals surface area contributed by atoms with Gasteiger partial charge in [-0.25, -0.2) is 38.7 Å². The van der Waals surface area contributed by atoms with Crippen LogP contribution in [-0.2, 0) is 0 Å². The Kier molecular flexibility index (Phi) is 9.39. The highest BCUT2D eigenvalue weighted by molar-refractivity contribution is 6.11. The second-order valence-electron chi connectivity index (χ2n) is 15.1. The molecule has 0 saturated carbocycles. The van der Waals surface area contributed by atoms with Crippen LogP contribution >= 0.6 is 0 Å². The quantitative estimate of drug-likeness (QED) is 0.152. The molecule has 0 spiro atoms. The Morgan fingerprint density at radius 3 is 1.21 bits per heavy atom. The maximum Gasteiger partial charge on any atom is 0.166 e. The third-order valence-corrected chi connectivity index (χ3v) is 11.0. The summed E-state index contributed by atoms with van der Waals surface area (Å²) in [5.41, 5.74) is 8.45. The van der Waals surface area contributed by atoms with Gasteiger partial charge in [-0.15, -0.1) is 0 Å². The highest BCUT2D eigenvalue weighted by atomic mass is 19.1. The molecule has 3 heterocycles. The number of benzene rings is 8. The van der Waals surface area contributed by atoms with Crippen molar-refractivity contribution in [1.29, 1.82) is 0 Å². The van der Waals surface area contributed by atoms with Crippen LogP contribution in [0.4, 0.5) is 8.78 Å². The Morgan fingerprint density at radius 1 is 0.286 bits per heavy atom. The SMILES string of the molecule is Fc1cc(F)cc(-c2ccc(-n3c4ccccc4c4cc(-c5nc(-c6ccccc6)nc(-c6ccccc6)n5)ccc43)c(-c3nc(-c4ccccc4)nc(-c4ccccc4)n3)c2)c1. The Labute approximate surface area is 360 Å². The van der Waals surface area contributed by atoms with Crippen molar-refractivity contribution in [3.63, 3.8) is 0 Å². The highest BCUT2D eigenvalue weighted by Crippen LogP contribution is 2.40. The molecule has 0 unspecified atom stereocenters. The molecule has 9 heteroatoms. The summed E-state index contributed by atoms with van der Waals surface area (Å²) in [5.74, 6) is 1.72. The van der Waals surface area contributed by atoms with Gasteiger partial charge in [-0.2, -0.15) is 0 Å². The summed E-state index contributed by atoms with van der Waals surface area (Å²) in [6.45, 7) is 0. The van der Waals surface area contributed by atoms with Crippen LogP contribution < -0.4 is 0 Å². The van der Waals surface area contributed by atoms with Crippen LogP contribution in [-0.4, -0.2) is 34.5 Å². The number of fused-ring (bicyclic) bond motifs is 3. The molecular weight excluding hydrogens is 785 g/mol. The molecule has 63 heavy (non-hydrogen) atoms. The third kappa shape index (κ3) is 7.17. The Hall–Kier alpha value is -8.56. The zero-order chi connectivity index (χ0) is 42.3. The van der Waals surface area contributed by atoms with Crippen molar-refractivity contribution in [2.24, 2.45) is 0 Å². The monoisotopic (exact) mass is 817 g/mol. The van der Waals surface area contributed by atoms with Crippen molar-refractivity contribution in [1.82, 2.24) is 34.5 Å². The van der Waals surface area contributed by atoms with Crippen molar-refractivity contribution in [3.05, 3.63) is 212 Å². The topological polar surface area (TPSA) is 82.3 Å². The standard InChI is InChI=1S/C54H33F2N7/c55-41-29-40(30-42(56)33-41)38-25-27-48(45(31-38)54-61-51(36-19-9-3-10-20-36)58-52(62-54)37-21-11-4-12-22-37)63-46-24-14-13-23-43(46)44-32-39(26-28-47(44)63)53-59-49(34-15-5-1-6-16-34)57-50(60-53)35-17-7-2-8-18-35/h1-33H. The fourth-order valence-corrected chi connectivity index (χ4v) is 8.05.